The van der Waals surface area contributed by atoms with Crippen LogP contribution in [0.15, 0.2) is 23.3 Å². The number of hydrogen-bond donors (Lipinski definition) is 1. The van der Waals surface area contributed by atoms with Crippen LogP contribution in [0.3, 0.4) is 0 Å². The van der Waals surface area contributed by atoms with Gasteiger partial charge < -0.3 is 5.11 Å². The molecule has 0 radical (unpaired) electrons. The zero-order chi connectivity index (χ0) is 11.8. The van der Waals surface area contributed by atoms with Gasteiger partial charge in [0, 0.05) is 0 Å². The third-order valence-electron chi connectivity index (χ3n) is 4.57. The molecule has 1 heteroatoms. The van der Waals surface area contributed by atoms with Crippen LogP contribution in [0.5, 0.6) is 0 Å². The van der Waals surface area contributed by atoms with Crippen molar-refractivity contribution in [1.82, 2.24) is 0 Å². The Hall–Kier alpha value is -0.560. The van der Waals surface area contributed by atoms with Crippen molar-refractivity contribution in [3.8, 4) is 0 Å². The summed E-state index contributed by atoms with van der Waals surface area (Å²) in [5, 5.41) is 9.30. The van der Waals surface area contributed by atoms with E-state index in [4.69, 9.17) is 0 Å². The van der Waals surface area contributed by atoms with Crippen LogP contribution in [-0.4, -0.2) is 11.7 Å². The smallest absolute Gasteiger partial charge is 0.0641 e. The lowest BCUT2D eigenvalue weighted by Crippen LogP contribution is -2.31. The number of rotatable bonds is 1. The fourth-order valence-electron chi connectivity index (χ4n) is 3.38. The summed E-state index contributed by atoms with van der Waals surface area (Å²) in [6, 6.07) is 0. The molecule has 16 heavy (non-hydrogen) atoms. The Labute approximate surface area is 99.3 Å². The monoisotopic (exact) mass is 220 g/mol. The predicted octanol–water partition coefficient (Wildman–Crippen LogP) is 3.70. The van der Waals surface area contributed by atoms with Crippen LogP contribution in [0.2, 0.25) is 0 Å². The highest BCUT2D eigenvalue weighted by atomic mass is 16.3. The van der Waals surface area contributed by atoms with Crippen molar-refractivity contribution in [2.24, 2.45) is 17.3 Å². The highest BCUT2D eigenvalue weighted by Crippen LogP contribution is 2.47. The average Bonchev–Trinajstić information content (AvgIpc) is 2.37. The molecule has 2 atom stereocenters. The summed E-state index contributed by atoms with van der Waals surface area (Å²) in [5.41, 5.74) is 3.20. The summed E-state index contributed by atoms with van der Waals surface area (Å²) in [6.07, 6.45) is 9.59. The normalized spacial score (nSPS) is 33.5. The van der Waals surface area contributed by atoms with E-state index in [1.54, 1.807) is 5.57 Å². The summed E-state index contributed by atoms with van der Waals surface area (Å²) in [7, 11) is 0. The molecular weight excluding hydrogens is 196 g/mol. The van der Waals surface area contributed by atoms with Gasteiger partial charge in [-0.25, -0.2) is 0 Å². The Morgan fingerprint density at radius 3 is 2.88 bits per heavy atom. The van der Waals surface area contributed by atoms with Crippen LogP contribution < -0.4 is 0 Å². The van der Waals surface area contributed by atoms with Gasteiger partial charge in [0.05, 0.1) is 6.61 Å². The maximum atomic E-state index is 9.30. The minimum atomic E-state index is 0.252. The van der Waals surface area contributed by atoms with Gasteiger partial charge >= 0.3 is 0 Å². The second-order valence-corrected chi connectivity index (χ2v) is 6.13. The number of hydrogen-bond acceptors (Lipinski definition) is 1. The summed E-state index contributed by atoms with van der Waals surface area (Å²) in [6.45, 7) is 7.31. The maximum absolute atomic E-state index is 9.30. The van der Waals surface area contributed by atoms with Crippen LogP contribution in [0, 0.1) is 17.3 Å². The van der Waals surface area contributed by atoms with Gasteiger partial charge in [0.15, 0.2) is 0 Å². The molecule has 0 bridgehead atoms. The van der Waals surface area contributed by atoms with E-state index in [-0.39, 0.29) is 6.61 Å². The zero-order valence-corrected chi connectivity index (χ0v) is 10.8. The molecule has 0 aromatic carbocycles. The molecule has 2 aliphatic rings. The molecule has 0 spiro atoms. The number of fused-ring (bicyclic) bond motifs is 1. The Morgan fingerprint density at radius 1 is 1.44 bits per heavy atom. The van der Waals surface area contributed by atoms with E-state index in [1.165, 1.54) is 24.8 Å². The molecule has 2 rings (SSSR count). The Balaban J connectivity index is 2.34. The van der Waals surface area contributed by atoms with Gasteiger partial charge in [-0.2, -0.15) is 0 Å². The molecule has 0 fully saturated rings. The summed E-state index contributed by atoms with van der Waals surface area (Å²) >= 11 is 0. The number of aliphatic hydroxyl groups excluding tert-OH is 1. The van der Waals surface area contributed by atoms with E-state index < -0.39 is 0 Å². The van der Waals surface area contributed by atoms with Crippen LogP contribution in [-0.2, 0) is 0 Å². The van der Waals surface area contributed by atoms with Crippen molar-refractivity contribution in [2.45, 2.75) is 46.5 Å². The fourth-order valence-corrected chi connectivity index (χ4v) is 3.38. The lowest BCUT2D eigenvalue weighted by molar-refractivity contribution is 0.177. The van der Waals surface area contributed by atoms with Gasteiger partial charge in [-0.3, -0.25) is 0 Å². The van der Waals surface area contributed by atoms with Crippen molar-refractivity contribution < 1.29 is 5.11 Å². The molecular formula is C15H24O. The van der Waals surface area contributed by atoms with E-state index in [0.29, 0.717) is 17.3 Å². The van der Waals surface area contributed by atoms with Crippen LogP contribution in [0.4, 0.5) is 0 Å². The Bertz CT molecular complexity index is 322. The Morgan fingerprint density at radius 2 is 2.19 bits per heavy atom. The summed E-state index contributed by atoms with van der Waals surface area (Å²) in [4.78, 5) is 0. The molecule has 0 saturated carbocycles. The Kier molecular flexibility index (Phi) is 3.25. The van der Waals surface area contributed by atoms with E-state index >= 15 is 0 Å². The average molecular weight is 220 g/mol. The quantitative estimate of drug-likeness (QED) is 0.668. The van der Waals surface area contributed by atoms with E-state index in [9.17, 15) is 5.11 Å². The molecule has 0 aromatic heterocycles. The molecule has 0 aromatic rings. The first-order chi connectivity index (χ1) is 7.54. The van der Waals surface area contributed by atoms with Crippen LogP contribution >= 0.6 is 0 Å². The van der Waals surface area contributed by atoms with Gasteiger partial charge in [-0.05, 0) is 55.4 Å². The number of allylic oxidation sites excluding steroid dienone is 3. The first-order valence-electron chi connectivity index (χ1n) is 6.51. The SMILES string of the molecule is CC1=CCCC(C)(C)[C@H]2C=C(CO)CC[C@@H]12. The highest BCUT2D eigenvalue weighted by molar-refractivity contribution is 5.21. The standard InChI is InChI=1S/C15H24O/c1-11-5-4-8-15(2,3)14-9-12(10-16)6-7-13(11)14/h5,9,13-14,16H,4,6-8,10H2,1-3H3/t13-,14-/m0/s1. The predicted molar refractivity (Wildman–Crippen MR) is 68.2 cm³/mol. The van der Waals surface area contributed by atoms with Crippen molar-refractivity contribution in [2.75, 3.05) is 6.61 Å². The molecule has 0 heterocycles. The van der Waals surface area contributed by atoms with Crippen LogP contribution in [0.1, 0.15) is 46.5 Å². The molecule has 0 aliphatic heterocycles. The summed E-state index contributed by atoms with van der Waals surface area (Å²) < 4.78 is 0. The lowest BCUT2D eigenvalue weighted by Gasteiger charge is -2.40. The van der Waals surface area contributed by atoms with Crippen molar-refractivity contribution in [3.05, 3.63) is 23.3 Å². The van der Waals surface area contributed by atoms with Gasteiger partial charge in [0.25, 0.3) is 0 Å². The zero-order valence-electron chi connectivity index (χ0n) is 10.8. The second-order valence-electron chi connectivity index (χ2n) is 6.13. The molecule has 1 nitrogen and oxygen atoms in total. The van der Waals surface area contributed by atoms with E-state index in [1.807, 2.05) is 0 Å². The largest absolute Gasteiger partial charge is 0.392 e. The minimum Gasteiger partial charge on any atom is -0.392 e. The van der Waals surface area contributed by atoms with E-state index in [0.717, 1.165) is 6.42 Å². The molecule has 1 N–H and O–H groups in total. The maximum Gasteiger partial charge on any atom is 0.0641 e. The molecule has 2 aliphatic carbocycles. The van der Waals surface area contributed by atoms with Crippen LogP contribution in [0.25, 0.3) is 0 Å². The van der Waals surface area contributed by atoms with Crippen molar-refractivity contribution in [3.63, 3.8) is 0 Å². The topological polar surface area (TPSA) is 20.2 Å². The number of aliphatic hydroxyl groups is 1. The lowest BCUT2D eigenvalue weighted by atomic mass is 9.65. The van der Waals surface area contributed by atoms with Gasteiger partial charge in [0.2, 0.25) is 0 Å². The molecule has 0 amide bonds. The van der Waals surface area contributed by atoms with Gasteiger partial charge in [-0.1, -0.05) is 31.6 Å². The van der Waals surface area contributed by atoms with Crippen molar-refractivity contribution >= 4 is 0 Å². The second kappa shape index (κ2) is 4.37. The highest BCUT2D eigenvalue weighted by Gasteiger charge is 2.37. The van der Waals surface area contributed by atoms with Gasteiger partial charge in [0.1, 0.15) is 0 Å². The fraction of sp³-hybridized carbons (Fsp3) is 0.733. The molecule has 0 unspecified atom stereocenters. The first-order valence-corrected chi connectivity index (χ1v) is 6.51. The minimum absolute atomic E-state index is 0.252. The van der Waals surface area contributed by atoms with Gasteiger partial charge in [-0.15, -0.1) is 0 Å². The first kappa shape index (κ1) is 11.9. The summed E-state index contributed by atoms with van der Waals surface area (Å²) in [5.74, 6) is 1.34. The molecule has 90 valence electrons. The van der Waals surface area contributed by atoms with E-state index in [2.05, 4.69) is 32.9 Å². The third-order valence-corrected chi connectivity index (χ3v) is 4.57. The molecule has 0 saturated heterocycles. The third kappa shape index (κ3) is 2.10. The van der Waals surface area contributed by atoms with Crippen molar-refractivity contribution in [1.29, 1.82) is 0 Å².